The smallest absolute Gasteiger partial charge is 0.254 e. The Balaban J connectivity index is 1.53. The second-order valence-electron chi connectivity index (χ2n) is 5.67. The van der Waals surface area contributed by atoms with Crippen LogP contribution in [-0.4, -0.2) is 66.1 Å². The number of amides is 1. The summed E-state index contributed by atoms with van der Waals surface area (Å²) < 4.78 is 5.65. The molecule has 0 radical (unpaired) electrons. The van der Waals surface area contributed by atoms with Crippen LogP contribution in [0.5, 0.6) is 0 Å². The summed E-state index contributed by atoms with van der Waals surface area (Å²) in [6, 6.07) is 3.02. The minimum Gasteiger partial charge on any atom is -0.377 e. The lowest BCUT2D eigenvalue weighted by molar-refractivity contribution is 0.0432. The van der Waals surface area contributed by atoms with Crippen molar-refractivity contribution in [3.63, 3.8) is 0 Å². The molecule has 2 aliphatic heterocycles. The Morgan fingerprint density at radius 2 is 2.14 bits per heavy atom. The molecule has 6 heteroatoms. The molecular weight excluding hydrogens is 270 g/mol. The van der Waals surface area contributed by atoms with Gasteiger partial charge in [-0.05, 0) is 18.9 Å². The molecule has 6 nitrogen and oxygen atoms in total. The van der Waals surface area contributed by atoms with E-state index in [0.717, 1.165) is 39.1 Å². The van der Waals surface area contributed by atoms with Crippen LogP contribution in [0.25, 0.3) is 0 Å². The van der Waals surface area contributed by atoms with Gasteiger partial charge in [0.1, 0.15) is 0 Å². The average Bonchev–Trinajstić information content (AvgIpc) is 3.00. The van der Waals surface area contributed by atoms with Crippen molar-refractivity contribution in [1.82, 2.24) is 14.8 Å². The zero-order valence-electron chi connectivity index (χ0n) is 12.1. The van der Waals surface area contributed by atoms with Gasteiger partial charge >= 0.3 is 0 Å². The van der Waals surface area contributed by atoms with Crippen LogP contribution < -0.4 is 5.56 Å². The molecule has 3 heterocycles. The van der Waals surface area contributed by atoms with Gasteiger partial charge in [-0.3, -0.25) is 14.5 Å². The average molecular weight is 291 g/mol. The van der Waals surface area contributed by atoms with Crippen LogP contribution in [0.15, 0.2) is 23.1 Å². The van der Waals surface area contributed by atoms with Crippen molar-refractivity contribution in [2.24, 2.45) is 0 Å². The van der Waals surface area contributed by atoms with Crippen LogP contribution in [0, 0.1) is 0 Å². The summed E-state index contributed by atoms with van der Waals surface area (Å²) in [5.74, 6) is -0.0575. The lowest BCUT2D eigenvalue weighted by Gasteiger charge is -2.35. The van der Waals surface area contributed by atoms with Gasteiger partial charge in [0.05, 0.1) is 6.10 Å². The molecule has 0 bridgehead atoms. The van der Waals surface area contributed by atoms with Crippen LogP contribution in [0.1, 0.15) is 23.2 Å². The number of carbonyl (C=O) groups excluding carboxylic acids is 1. The number of H-pyrrole nitrogens is 1. The number of aromatic nitrogens is 1. The van der Waals surface area contributed by atoms with Crippen LogP contribution >= 0.6 is 0 Å². The van der Waals surface area contributed by atoms with Gasteiger partial charge in [-0.25, -0.2) is 0 Å². The third-order valence-corrected chi connectivity index (χ3v) is 4.17. The topological polar surface area (TPSA) is 65.6 Å². The highest BCUT2D eigenvalue weighted by Gasteiger charge is 2.25. The van der Waals surface area contributed by atoms with Crippen LogP contribution in [0.2, 0.25) is 0 Å². The van der Waals surface area contributed by atoms with Gasteiger partial charge in [0.15, 0.2) is 0 Å². The van der Waals surface area contributed by atoms with Crippen molar-refractivity contribution in [3.8, 4) is 0 Å². The minimum absolute atomic E-state index is 0.0575. The summed E-state index contributed by atoms with van der Waals surface area (Å²) >= 11 is 0. The molecule has 1 N–H and O–H groups in total. The fourth-order valence-electron chi connectivity index (χ4n) is 2.97. The Morgan fingerprint density at radius 1 is 1.33 bits per heavy atom. The van der Waals surface area contributed by atoms with Crippen LogP contribution in [-0.2, 0) is 4.74 Å². The van der Waals surface area contributed by atoms with E-state index in [0.29, 0.717) is 24.8 Å². The second kappa shape index (κ2) is 6.41. The Bertz CT molecular complexity index is 543. The molecule has 114 valence electrons. The standard InChI is InChI=1S/C15H21N3O3/c19-14-10-12(3-4-16-14)15(20)18-7-5-17(6-8-18)11-13-2-1-9-21-13/h3-4,10,13H,1-2,5-9,11H2,(H,16,19). The first-order valence-corrected chi connectivity index (χ1v) is 7.54. The molecule has 2 fully saturated rings. The molecule has 1 aromatic rings. The molecule has 1 atom stereocenters. The van der Waals surface area contributed by atoms with E-state index in [1.54, 1.807) is 6.07 Å². The number of ether oxygens (including phenoxy) is 1. The molecule has 2 aliphatic rings. The Morgan fingerprint density at radius 3 is 2.81 bits per heavy atom. The maximum atomic E-state index is 12.3. The van der Waals surface area contributed by atoms with E-state index in [1.807, 2.05) is 4.90 Å². The van der Waals surface area contributed by atoms with Gasteiger partial charge < -0.3 is 14.6 Å². The molecule has 1 aromatic heterocycles. The van der Waals surface area contributed by atoms with Crippen molar-refractivity contribution in [3.05, 3.63) is 34.2 Å². The SMILES string of the molecule is O=C(c1cc[nH]c(=O)c1)N1CCN(CC2CCCO2)CC1. The summed E-state index contributed by atoms with van der Waals surface area (Å²) in [4.78, 5) is 30.3. The van der Waals surface area contributed by atoms with Crippen molar-refractivity contribution >= 4 is 5.91 Å². The van der Waals surface area contributed by atoms with Crippen LogP contribution in [0.3, 0.4) is 0 Å². The third kappa shape index (κ3) is 3.51. The van der Waals surface area contributed by atoms with Crippen molar-refractivity contribution in [2.75, 3.05) is 39.3 Å². The molecule has 1 unspecified atom stereocenters. The zero-order chi connectivity index (χ0) is 14.7. The first-order valence-electron chi connectivity index (χ1n) is 7.54. The van der Waals surface area contributed by atoms with Crippen molar-refractivity contribution < 1.29 is 9.53 Å². The quantitative estimate of drug-likeness (QED) is 0.870. The molecule has 0 aliphatic carbocycles. The lowest BCUT2D eigenvalue weighted by Crippen LogP contribution is -2.50. The number of pyridine rings is 1. The predicted molar refractivity (Wildman–Crippen MR) is 78.4 cm³/mol. The van der Waals surface area contributed by atoms with E-state index in [4.69, 9.17) is 4.74 Å². The monoisotopic (exact) mass is 291 g/mol. The van der Waals surface area contributed by atoms with E-state index >= 15 is 0 Å². The number of piperazine rings is 1. The number of hydrogen-bond donors (Lipinski definition) is 1. The molecule has 0 saturated carbocycles. The molecule has 3 rings (SSSR count). The van der Waals surface area contributed by atoms with Crippen molar-refractivity contribution in [2.45, 2.75) is 18.9 Å². The number of carbonyl (C=O) groups is 1. The molecule has 0 aromatic carbocycles. The maximum Gasteiger partial charge on any atom is 0.254 e. The zero-order valence-corrected chi connectivity index (χ0v) is 12.1. The van der Waals surface area contributed by atoms with E-state index in [1.165, 1.54) is 12.3 Å². The summed E-state index contributed by atoms with van der Waals surface area (Å²) in [5.41, 5.74) is 0.226. The predicted octanol–water partition coefficient (Wildman–Crippen LogP) is 0.312. The fourth-order valence-corrected chi connectivity index (χ4v) is 2.97. The highest BCUT2D eigenvalue weighted by molar-refractivity contribution is 5.94. The van der Waals surface area contributed by atoms with Gasteiger partial charge in [0.25, 0.3) is 5.91 Å². The molecule has 2 saturated heterocycles. The Kier molecular flexibility index (Phi) is 4.36. The third-order valence-electron chi connectivity index (χ3n) is 4.17. The summed E-state index contributed by atoms with van der Waals surface area (Å²) in [6.45, 7) is 5.00. The first kappa shape index (κ1) is 14.3. The first-order chi connectivity index (χ1) is 10.2. The highest BCUT2D eigenvalue weighted by Crippen LogP contribution is 2.15. The largest absolute Gasteiger partial charge is 0.377 e. The number of rotatable bonds is 3. The lowest BCUT2D eigenvalue weighted by atomic mass is 10.2. The molecule has 21 heavy (non-hydrogen) atoms. The Labute approximate surface area is 123 Å². The van der Waals surface area contributed by atoms with Gasteiger partial charge in [-0.1, -0.05) is 0 Å². The van der Waals surface area contributed by atoms with E-state index in [2.05, 4.69) is 9.88 Å². The number of aromatic amines is 1. The maximum absolute atomic E-state index is 12.3. The normalized spacial score (nSPS) is 23.4. The van der Waals surface area contributed by atoms with Gasteiger partial charge in [0, 0.05) is 57.2 Å². The van der Waals surface area contributed by atoms with Crippen LogP contribution in [0.4, 0.5) is 0 Å². The highest BCUT2D eigenvalue weighted by atomic mass is 16.5. The minimum atomic E-state index is -0.238. The molecular formula is C15H21N3O3. The van der Waals surface area contributed by atoms with E-state index in [-0.39, 0.29) is 11.5 Å². The molecule has 1 amide bonds. The summed E-state index contributed by atoms with van der Waals surface area (Å²) in [5, 5.41) is 0. The molecule has 0 spiro atoms. The summed E-state index contributed by atoms with van der Waals surface area (Å²) in [7, 11) is 0. The second-order valence-corrected chi connectivity index (χ2v) is 5.67. The fraction of sp³-hybridized carbons (Fsp3) is 0.600. The van der Waals surface area contributed by atoms with Gasteiger partial charge in [-0.15, -0.1) is 0 Å². The van der Waals surface area contributed by atoms with Gasteiger partial charge in [0.2, 0.25) is 5.56 Å². The number of hydrogen-bond acceptors (Lipinski definition) is 4. The number of nitrogens with zero attached hydrogens (tertiary/aromatic N) is 2. The Hall–Kier alpha value is -1.66. The van der Waals surface area contributed by atoms with Gasteiger partial charge in [-0.2, -0.15) is 0 Å². The summed E-state index contributed by atoms with van der Waals surface area (Å²) in [6.07, 6.45) is 4.18. The van der Waals surface area contributed by atoms with Crippen molar-refractivity contribution in [1.29, 1.82) is 0 Å². The van der Waals surface area contributed by atoms with E-state index < -0.39 is 0 Å². The van der Waals surface area contributed by atoms with E-state index in [9.17, 15) is 9.59 Å². The number of nitrogens with one attached hydrogen (secondary N) is 1.